The molecule has 1 aromatic rings. The van der Waals surface area contributed by atoms with Crippen molar-refractivity contribution in [3.63, 3.8) is 0 Å². The van der Waals surface area contributed by atoms with E-state index >= 15 is 0 Å². The summed E-state index contributed by atoms with van der Waals surface area (Å²) in [6, 6.07) is 10.0. The Morgan fingerprint density at radius 3 is 2.33 bits per heavy atom. The van der Waals surface area contributed by atoms with Crippen LogP contribution in [0.5, 0.6) is 0 Å². The van der Waals surface area contributed by atoms with E-state index in [-0.39, 0.29) is 17.1 Å². The van der Waals surface area contributed by atoms with Crippen LogP contribution in [0.25, 0.3) is 0 Å². The smallest absolute Gasteiger partial charge is 0.214 e. The van der Waals surface area contributed by atoms with Gasteiger partial charge in [0.2, 0.25) is 0 Å². The molecule has 106 valence electrons. The number of rotatable bonds is 0. The predicted octanol–water partition coefficient (Wildman–Crippen LogP) is 5.23. The fourth-order valence-corrected chi connectivity index (χ4v) is 2.68. The molecule has 0 nitrogen and oxygen atoms in total. The molecule has 4 rings (SSSR count). The van der Waals surface area contributed by atoms with E-state index in [1.165, 1.54) is 28.2 Å². The average Bonchev–Trinajstić information content (AvgIpc) is 3.21. The maximum Gasteiger partial charge on any atom is 2.00 e. The molecule has 0 heterocycles. The Balaban J connectivity index is 0.000000231. The van der Waals surface area contributed by atoms with Gasteiger partial charge in [0.05, 0.1) is 0 Å². The van der Waals surface area contributed by atoms with E-state index in [0.29, 0.717) is 0 Å². The third kappa shape index (κ3) is 3.64. The van der Waals surface area contributed by atoms with Crippen LogP contribution in [-0.2, 0) is 17.1 Å². The zero-order chi connectivity index (χ0) is 13.8. The Morgan fingerprint density at radius 2 is 1.71 bits per heavy atom. The molecule has 0 spiro atoms. The van der Waals surface area contributed by atoms with Crippen molar-refractivity contribution in [3.05, 3.63) is 107 Å². The van der Waals surface area contributed by atoms with Crippen LogP contribution in [0.15, 0.2) is 101 Å². The minimum atomic E-state index is 0. The first-order chi connectivity index (χ1) is 9.84. The van der Waals surface area contributed by atoms with Gasteiger partial charge in [0.15, 0.2) is 0 Å². The van der Waals surface area contributed by atoms with Gasteiger partial charge in [-0.2, -0.15) is 18.2 Å². The standard InChI is InChI=1S/C15H13.C5H5.Fe/c1-11-9-13-7-4-8-14(15(13)10-11)12-5-2-3-6-12;1-2-4-5-3-1;/h2-9H,10H2,1H3;1-5H;/q2*-1;+2. The zero-order valence-electron chi connectivity index (χ0n) is 12.1. The van der Waals surface area contributed by atoms with Gasteiger partial charge in [-0.05, 0) is 6.42 Å². The van der Waals surface area contributed by atoms with Gasteiger partial charge in [-0.1, -0.05) is 36.8 Å². The van der Waals surface area contributed by atoms with E-state index in [2.05, 4.69) is 55.5 Å². The second-order valence-electron chi connectivity index (χ2n) is 5.18. The third-order valence-corrected chi connectivity index (χ3v) is 3.60. The Labute approximate surface area is 137 Å². The molecule has 21 heavy (non-hydrogen) atoms. The molecule has 0 N–H and O–H groups in total. The van der Waals surface area contributed by atoms with Crippen molar-refractivity contribution in [2.45, 2.75) is 13.3 Å². The van der Waals surface area contributed by atoms with Crippen molar-refractivity contribution in [3.8, 4) is 0 Å². The fourth-order valence-electron chi connectivity index (χ4n) is 2.68. The second kappa shape index (κ2) is 7.26. The van der Waals surface area contributed by atoms with Gasteiger partial charge in [-0.15, -0.1) is 46.9 Å². The van der Waals surface area contributed by atoms with E-state index in [1.807, 2.05) is 30.3 Å². The molecule has 0 aliphatic heterocycles. The zero-order valence-corrected chi connectivity index (χ0v) is 13.2. The molecule has 0 saturated heterocycles. The van der Waals surface area contributed by atoms with Crippen LogP contribution in [0.4, 0.5) is 0 Å². The third-order valence-electron chi connectivity index (χ3n) is 3.60. The van der Waals surface area contributed by atoms with Gasteiger partial charge in [-0.3, -0.25) is 0 Å². The van der Waals surface area contributed by atoms with Crippen molar-refractivity contribution in [2.24, 2.45) is 0 Å². The molecule has 3 aliphatic carbocycles. The summed E-state index contributed by atoms with van der Waals surface area (Å²) in [4.78, 5) is 0. The topological polar surface area (TPSA) is 0 Å². The Bertz CT molecular complexity index is 615. The van der Waals surface area contributed by atoms with E-state index in [0.717, 1.165) is 6.42 Å². The van der Waals surface area contributed by atoms with E-state index in [1.54, 1.807) is 0 Å². The molecule has 3 aliphatic rings. The van der Waals surface area contributed by atoms with Crippen molar-refractivity contribution < 1.29 is 17.1 Å². The van der Waals surface area contributed by atoms with Crippen molar-refractivity contribution in [2.75, 3.05) is 0 Å². The Morgan fingerprint density at radius 1 is 1.00 bits per heavy atom. The molecule has 1 aromatic carbocycles. The minimum absolute atomic E-state index is 0. The van der Waals surface area contributed by atoms with Gasteiger partial charge in [0, 0.05) is 0 Å². The van der Waals surface area contributed by atoms with Crippen molar-refractivity contribution in [1.82, 2.24) is 0 Å². The summed E-state index contributed by atoms with van der Waals surface area (Å²) in [6.07, 6.45) is 18.5. The molecular formula is C20H18Fe. The Hall–Kier alpha value is -1.82. The summed E-state index contributed by atoms with van der Waals surface area (Å²) in [6.45, 7) is 2.20. The van der Waals surface area contributed by atoms with Crippen LogP contribution in [0.3, 0.4) is 0 Å². The van der Waals surface area contributed by atoms with Gasteiger partial charge in [0.1, 0.15) is 0 Å². The monoisotopic (exact) mass is 314 g/mol. The minimum Gasteiger partial charge on any atom is -0.214 e. The molecule has 0 saturated carbocycles. The van der Waals surface area contributed by atoms with E-state index < -0.39 is 0 Å². The van der Waals surface area contributed by atoms with Crippen LogP contribution in [0.2, 0.25) is 0 Å². The number of allylic oxidation sites excluding steroid dienone is 12. The summed E-state index contributed by atoms with van der Waals surface area (Å²) in [5, 5.41) is 0. The summed E-state index contributed by atoms with van der Waals surface area (Å²) in [7, 11) is 0. The predicted molar refractivity (Wildman–Crippen MR) is 86.2 cm³/mol. The van der Waals surface area contributed by atoms with Crippen LogP contribution >= 0.6 is 0 Å². The van der Waals surface area contributed by atoms with Crippen LogP contribution in [0.1, 0.15) is 13.3 Å². The van der Waals surface area contributed by atoms with Crippen molar-refractivity contribution in [1.29, 1.82) is 0 Å². The summed E-state index contributed by atoms with van der Waals surface area (Å²) < 4.78 is 0. The van der Waals surface area contributed by atoms with Gasteiger partial charge in [0.25, 0.3) is 0 Å². The fraction of sp³-hybridized carbons (Fsp3) is 0.100. The molecular weight excluding hydrogens is 296 g/mol. The maximum atomic E-state index is 2.29. The molecule has 0 fully saturated rings. The van der Waals surface area contributed by atoms with Gasteiger partial charge >= 0.3 is 17.1 Å². The molecule has 0 radical (unpaired) electrons. The van der Waals surface area contributed by atoms with Crippen LogP contribution in [0, 0.1) is 5.92 Å². The first kappa shape index (κ1) is 15.6. The van der Waals surface area contributed by atoms with Crippen molar-refractivity contribution >= 4 is 0 Å². The molecule has 0 atom stereocenters. The largest absolute Gasteiger partial charge is 2.00 e. The van der Waals surface area contributed by atoms with Crippen LogP contribution in [-0.4, -0.2) is 0 Å². The van der Waals surface area contributed by atoms with E-state index in [4.69, 9.17) is 0 Å². The Kier molecular flexibility index (Phi) is 5.38. The second-order valence-corrected chi connectivity index (χ2v) is 5.18. The number of fused-ring (bicyclic) bond motifs is 1. The average molecular weight is 314 g/mol. The summed E-state index contributed by atoms with van der Waals surface area (Å²) in [5.74, 6) is 1.49. The quantitative estimate of drug-likeness (QED) is 0.454. The normalized spacial score (nSPS) is 17.9. The maximum absolute atomic E-state index is 2.29. The van der Waals surface area contributed by atoms with Gasteiger partial charge < -0.3 is 0 Å². The van der Waals surface area contributed by atoms with E-state index in [9.17, 15) is 0 Å². The SMILES string of the molecule is CC1=CC2=CC=CC(=C3C=CC=C3)[C-]2C1.[Fe+2].c1cc[cH-]c1. The first-order valence-corrected chi connectivity index (χ1v) is 7.02. The van der Waals surface area contributed by atoms with Crippen LogP contribution < -0.4 is 0 Å². The molecule has 0 aromatic heterocycles. The molecule has 0 amide bonds. The summed E-state index contributed by atoms with van der Waals surface area (Å²) >= 11 is 0. The summed E-state index contributed by atoms with van der Waals surface area (Å²) in [5.41, 5.74) is 5.59. The first-order valence-electron chi connectivity index (χ1n) is 7.02. The van der Waals surface area contributed by atoms with Gasteiger partial charge in [-0.25, -0.2) is 12.1 Å². The molecule has 1 heteroatoms. The number of hydrogen-bond acceptors (Lipinski definition) is 0. The molecule has 0 unspecified atom stereocenters. The molecule has 0 bridgehead atoms. The number of hydrogen-bond donors (Lipinski definition) is 0.